The first-order valence-electron chi connectivity index (χ1n) is 5.05. The van der Waals surface area contributed by atoms with Gasteiger partial charge < -0.3 is 5.73 Å². The first-order valence-corrected chi connectivity index (χ1v) is 5.05. The summed E-state index contributed by atoms with van der Waals surface area (Å²) in [6.07, 6.45) is 1.78. The maximum absolute atomic E-state index is 12.0. The molecule has 2 aromatic heterocycles. The van der Waals surface area contributed by atoms with Crippen LogP contribution >= 0.6 is 0 Å². The SMILES string of the molecule is CC(C)n1c(=O)c(C(N)=O)cc2cccn21. The molecule has 0 saturated heterocycles. The van der Waals surface area contributed by atoms with E-state index in [-0.39, 0.29) is 17.2 Å². The van der Waals surface area contributed by atoms with Gasteiger partial charge in [0.05, 0.1) is 5.52 Å². The maximum Gasteiger partial charge on any atom is 0.278 e. The minimum absolute atomic E-state index is 0.0277. The molecule has 16 heavy (non-hydrogen) atoms. The van der Waals surface area contributed by atoms with Crippen molar-refractivity contribution in [1.29, 1.82) is 0 Å². The predicted molar refractivity (Wildman–Crippen MR) is 60.6 cm³/mol. The molecule has 5 nitrogen and oxygen atoms in total. The van der Waals surface area contributed by atoms with Crippen molar-refractivity contribution in [3.63, 3.8) is 0 Å². The third kappa shape index (κ3) is 1.41. The van der Waals surface area contributed by atoms with E-state index in [1.54, 1.807) is 10.7 Å². The molecule has 0 radical (unpaired) electrons. The zero-order valence-electron chi connectivity index (χ0n) is 9.18. The molecule has 0 aromatic carbocycles. The Labute approximate surface area is 92.1 Å². The molecule has 0 fully saturated rings. The number of carbonyl (C=O) groups excluding carboxylic acids is 1. The number of hydrogen-bond acceptors (Lipinski definition) is 2. The molecular formula is C11H13N3O2. The van der Waals surface area contributed by atoms with Crippen LogP contribution in [0.15, 0.2) is 29.2 Å². The quantitative estimate of drug-likeness (QED) is 0.810. The molecule has 5 heteroatoms. The van der Waals surface area contributed by atoms with Gasteiger partial charge in [-0.25, -0.2) is 4.68 Å². The Morgan fingerprint density at radius 1 is 1.44 bits per heavy atom. The van der Waals surface area contributed by atoms with Gasteiger partial charge in [0.2, 0.25) is 0 Å². The van der Waals surface area contributed by atoms with Crippen molar-refractivity contribution in [3.8, 4) is 0 Å². The van der Waals surface area contributed by atoms with Crippen LogP contribution in [0.2, 0.25) is 0 Å². The Morgan fingerprint density at radius 2 is 2.12 bits per heavy atom. The molecule has 1 amide bonds. The molecule has 0 bridgehead atoms. The zero-order valence-corrected chi connectivity index (χ0v) is 9.18. The second kappa shape index (κ2) is 3.52. The smallest absolute Gasteiger partial charge is 0.278 e. The number of fused-ring (bicyclic) bond motifs is 1. The minimum atomic E-state index is -0.692. The predicted octanol–water partition coefficient (Wildman–Crippen LogP) is 0.781. The lowest BCUT2D eigenvalue weighted by molar-refractivity contribution is 0.0998. The van der Waals surface area contributed by atoms with E-state index < -0.39 is 5.91 Å². The first kappa shape index (κ1) is 10.5. The highest BCUT2D eigenvalue weighted by molar-refractivity contribution is 5.93. The van der Waals surface area contributed by atoms with Crippen molar-refractivity contribution in [3.05, 3.63) is 40.3 Å². The van der Waals surface area contributed by atoms with E-state index in [1.807, 2.05) is 26.0 Å². The lowest BCUT2D eigenvalue weighted by atomic mass is 10.2. The van der Waals surface area contributed by atoms with E-state index in [2.05, 4.69) is 0 Å². The van der Waals surface area contributed by atoms with Gasteiger partial charge in [-0.15, -0.1) is 0 Å². The number of hydrogen-bond donors (Lipinski definition) is 1. The fraction of sp³-hybridized carbons (Fsp3) is 0.273. The number of nitrogens with two attached hydrogens (primary N) is 1. The normalized spacial score (nSPS) is 11.2. The van der Waals surface area contributed by atoms with Gasteiger partial charge in [0.25, 0.3) is 11.5 Å². The van der Waals surface area contributed by atoms with Crippen LogP contribution < -0.4 is 11.3 Å². The Morgan fingerprint density at radius 3 is 2.69 bits per heavy atom. The highest BCUT2D eigenvalue weighted by Gasteiger charge is 2.14. The first-order chi connectivity index (χ1) is 7.52. The third-order valence-electron chi connectivity index (χ3n) is 2.48. The number of aromatic nitrogens is 2. The highest BCUT2D eigenvalue weighted by atomic mass is 16.2. The van der Waals surface area contributed by atoms with E-state index >= 15 is 0 Å². The summed E-state index contributed by atoms with van der Waals surface area (Å²) < 4.78 is 3.23. The van der Waals surface area contributed by atoms with Crippen LogP contribution in [0.4, 0.5) is 0 Å². The van der Waals surface area contributed by atoms with Crippen molar-refractivity contribution in [2.45, 2.75) is 19.9 Å². The summed E-state index contributed by atoms with van der Waals surface area (Å²) in [7, 11) is 0. The molecule has 0 aliphatic rings. The average molecular weight is 219 g/mol. The number of nitrogens with zero attached hydrogens (tertiary/aromatic N) is 2. The minimum Gasteiger partial charge on any atom is -0.365 e. The van der Waals surface area contributed by atoms with Crippen LogP contribution in [-0.4, -0.2) is 15.1 Å². The van der Waals surface area contributed by atoms with E-state index in [9.17, 15) is 9.59 Å². The van der Waals surface area contributed by atoms with Crippen molar-refractivity contribution >= 4 is 11.4 Å². The molecule has 2 heterocycles. The summed E-state index contributed by atoms with van der Waals surface area (Å²) in [6.45, 7) is 3.76. The molecule has 0 aliphatic heterocycles. The monoisotopic (exact) mass is 219 g/mol. The van der Waals surface area contributed by atoms with Crippen molar-refractivity contribution in [1.82, 2.24) is 9.20 Å². The molecule has 0 spiro atoms. The van der Waals surface area contributed by atoms with E-state index in [0.717, 1.165) is 5.52 Å². The van der Waals surface area contributed by atoms with Gasteiger partial charge in [0, 0.05) is 12.2 Å². The number of carbonyl (C=O) groups is 1. The summed E-state index contributed by atoms with van der Waals surface area (Å²) in [6, 6.07) is 5.12. The van der Waals surface area contributed by atoms with Gasteiger partial charge in [-0.1, -0.05) is 0 Å². The number of rotatable bonds is 2. The fourth-order valence-corrected chi connectivity index (χ4v) is 1.79. The summed E-state index contributed by atoms with van der Waals surface area (Å²) in [4.78, 5) is 23.2. The molecule has 84 valence electrons. The van der Waals surface area contributed by atoms with Gasteiger partial charge in [-0.2, -0.15) is 0 Å². The zero-order chi connectivity index (χ0) is 11.9. The summed E-state index contributed by atoms with van der Waals surface area (Å²) in [5.41, 5.74) is 5.63. The molecule has 0 unspecified atom stereocenters. The van der Waals surface area contributed by atoms with Crippen molar-refractivity contribution in [2.75, 3.05) is 0 Å². The van der Waals surface area contributed by atoms with Crippen LogP contribution in [0, 0.1) is 0 Å². The standard InChI is InChI=1S/C11H13N3O2/c1-7(2)14-11(16)9(10(12)15)6-8-4-3-5-13(8)14/h3-7H,1-2H3,(H2,12,15). The Bertz CT molecular complexity index is 607. The molecule has 0 aliphatic carbocycles. The van der Waals surface area contributed by atoms with Crippen LogP contribution in [0.5, 0.6) is 0 Å². The number of primary amides is 1. The average Bonchev–Trinajstić information content (AvgIpc) is 2.62. The maximum atomic E-state index is 12.0. The molecule has 2 N–H and O–H groups in total. The summed E-state index contributed by atoms with van der Waals surface area (Å²) >= 11 is 0. The van der Waals surface area contributed by atoms with E-state index in [0.29, 0.717) is 0 Å². The molecule has 2 rings (SSSR count). The van der Waals surface area contributed by atoms with Crippen molar-refractivity contribution in [2.24, 2.45) is 5.73 Å². The summed E-state index contributed by atoms with van der Waals surface area (Å²) in [5, 5.41) is 0. The second-order valence-corrected chi connectivity index (χ2v) is 3.94. The molecular weight excluding hydrogens is 206 g/mol. The topological polar surface area (TPSA) is 69.5 Å². The van der Waals surface area contributed by atoms with Crippen LogP contribution in [0.1, 0.15) is 30.2 Å². The summed E-state index contributed by atoms with van der Waals surface area (Å²) in [5.74, 6) is -0.692. The molecule has 2 aromatic rings. The van der Waals surface area contributed by atoms with E-state index in [4.69, 9.17) is 5.73 Å². The lowest BCUT2D eigenvalue weighted by Crippen LogP contribution is -2.33. The Hall–Kier alpha value is -2.04. The Balaban J connectivity index is 2.92. The van der Waals surface area contributed by atoms with Gasteiger partial charge in [0.1, 0.15) is 5.56 Å². The van der Waals surface area contributed by atoms with Crippen molar-refractivity contribution < 1.29 is 4.79 Å². The lowest BCUT2D eigenvalue weighted by Gasteiger charge is -2.14. The Kier molecular flexibility index (Phi) is 2.30. The second-order valence-electron chi connectivity index (χ2n) is 3.94. The molecule has 0 atom stereocenters. The molecule has 0 saturated carbocycles. The van der Waals surface area contributed by atoms with Gasteiger partial charge in [-0.05, 0) is 32.0 Å². The van der Waals surface area contributed by atoms with Gasteiger partial charge in [-0.3, -0.25) is 14.1 Å². The van der Waals surface area contributed by atoms with E-state index in [1.165, 1.54) is 10.7 Å². The van der Waals surface area contributed by atoms with Gasteiger partial charge in [0.15, 0.2) is 0 Å². The third-order valence-corrected chi connectivity index (χ3v) is 2.48. The number of amides is 1. The highest BCUT2D eigenvalue weighted by Crippen LogP contribution is 2.08. The van der Waals surface area contributed by atoms with Crippen LogP contribution in [0.25, 0.3) is 5.52 Å². The van der Waals surface area contributed by atoms with Crippen LogP contribution in [0.3, 0.4) is 0 Å². The van der Waals surface area contributed by atoms with Gasteiger partial charge >= 0.3 is 0 Å². The largest absolute Gasteiger partial charge is 0.365 e. The fourth-order valence-electron chi connectivity index (χ4n) is 1.79. The van der Waals surface area contributed by atoms with Crippen LogP contribution in [-0.2, 0) is 0 Å².